The minimum absolute atomic E-state index is 0.0285. The van der Waals surface area contributed by atoms with Crippen LogP contribution in [0.5, 0.6) is 17.2 Å². The molecule has 0 bridgehead atoms. The van der Waals surface area contributed by atoms with Crippen LogP contribution in [0.3, 0.4) is 0 Å². The lowest BCUT2D eigenvalue weighted by molar-refractivity contribution is 0.0739. The van der Waals surface area contributed by atoms with Gasteiger partial charge in [-0.15, -0.1) is 0 Å². The summed E-state index contributed by atoms with van der Waals surface area (Å²) in [6.07, 6.45) is 0.842. The number of ether oxygens (including phenoxy) is 3. The fourth-order valence-corrected chi connectivity index (χ4v) is 3.34. The van der Waals surface area contributed by atoms with Crippen molar-refractivity contribution in [2.45, 2.75) is 26.8 Å². The predicted molar refractivity (Wildman–Crippen MR) is 118 cm³/mol. The van der Waals surface area contributed by atoms with E-state index in [0.29, 0.717) is 47.4 Å². The molecule has 0 atom stereocenters. The molecule has 0 radical (unpaired) electrons. The van der Waals surface area contributed by atoms with Crippen LogP contribution in [0.25, 0.3) is 11.3 Å². The van der Waals surface area contributed by atoms with Crippen LogP contribution in [0.15, 0.2) is 47.0 Å². The van der Waals surface area contributed by atoms with E-state index in [0.717, 1.165) is 17.5 Å². The van der Waals surface area contributed by atoms with Gasteiger partial charge in [-0.05, 0) is 37.6 Å². The van der Waals surface area contributed by atoms with Crippen molar-refractivity contribution in [2.24, 2.45) is 0 Å². The van der Waals surface area contributed by atoms with Gasteiger partial charge in [0.2, 0.25) is 5.75 Å². The molecule has 0 aliphatic rings. The third-order valence-corrected chi connectivity index (χ3v) is 4.94. The van der Waals surface area contributed by atoms with Crippen LogP contribution in [-0.2, 0) is 6.54 Å². The lowest BCUT2D eigenvalue weighted by Crippen LogP contribution is -2.31. The smallest absolute Gasteiger partial charge is 0.254 e. The van der Waals surface area contributed by atoms with Crippen molar-refractivity contribution in [2.75, 3.05) is 27.9 Å². The number of rotatable bonds is 9. The van der Waals surface area contributed by atoms with Crippen molar-refractivity contribution in [3.05, 3.63) is 59.3 Å². The Morgan fingerprint density at radius 1 is 1.00 bits per heavy atom. The number of aryl methyl sites for hydroxylation is 1. The second kappa shape index (κ2) is 10.0. The molecule has 0 aliphatic heterocycles. The molecule has 0 N–H and O–H groups in total. The normalized spacial score (nSPS) is 10.6. The Morgan fingerprint density at radius 2 is 1.65 bits per heavy atom. The largest absolute Gasteiger partial charge is 0.493 e. The quantitative estimate of drug-likeness (QED) is 0.494. The number of benzene rings is 2. The highest BCUT2D eigenvalue weighted by atomic mass is 16.5. The molecule has 1 amide bonds. The number of methoxy groups -OCH3 is 3. The van der Waals surface area contributed by atoms with Gasteiger partial charge in [-0.3, -0.25) is 4.79 Å². The SMILES string of the molecule is CCCN(Cc1cc(-c2cc(OC)c(OC)c(OC)c2)on1)C(=O)c1ccc(C)cc1. The first-order valence-electron chi connectivity index (χ1n) is 10.1. The molecular formula is C24H28N2O5. The number of nitrogens with zero attached hydrogens (tertiary/aromatic N) is 2. The van der Waals surface area contributed by atoms with Crippen molar-refractivity contribution in [3.63, 3.8) is 0 Å². The Labute approximate surface area is 182 Å². The summed E-state index contributed by atoms with van der Waals surface area (Å²) in [6, 6.07) is 13.0. The molecule has 0 unspecified atom stereocenters. The zero-order valence-electron chi connectivity index (χ0n) is 18.6. The molecule has 1 aromatic heterocycles. The summed E-state index contributed by atoms with van der Waals surface area (Å²) in [5, 5.41) is 4.18. The average molecular weight is 424 g/mol. The maximum atomic E-state index is 13.0. The van der Waals surface area contributed by atoms with Crippen molar-refractivity contribution in [1.82, 2.24) is 10.1 Å². The second-order valence-electron chi connectivity index (χ2n) is 7.19. The van der Waals surface area contributed by atoms with E-state index in [2.05, 4.69) is 5.16 Å². The van der Waals surface area contributed by atoms with E-state index in [4.69, 9.17) is 18.7 Å². The van der Waals surface area contributed by atoms with E-state index >= 15 is 0 Å². The first kappa shape index (κ1) is 22.2. The minimum atomic E-state index is -0.0285. The maximum absolute atomic E-state index is 13.0. The van der Waals surface area contributed by atoms with Crippen molar-refractivity contribution >= 4 is 5.91 Å². The van der Waals surface area contributed by atoms with Gasteiger partial charge in [-0.25, -0.2) is 0 Å². The Hall–Kier alpha value is -3.48. The average Bonchev–Trinajstić information content (AvgIpc) is 3.26. The van der Waals surface area contributed by atoms with E-state index < -0.39 is 0 Å². The fraction of sp³-hybridized carbons (Fsp3) is 0.333. The lowest BCUT2D eigenvalue weighted by atomic mass is 10.1. The van der Waals surface area contributed by atoms with Crippen LogP contribution in [0, 0.1) is 6.92 Å². The van der Waals surface area contributed by atoms with E-state index in [9.17, 15) is 4.79 Å². The molecule has 2 aromatic carbocycles. The van der Waals surface area contributed by atoms with Crippen LogP contribution >= 0.6 is 0 Å². The van der Waals surface area contributed by atoms with Crippen LogP contribution in [0.2, 0.25) is 0 Å². The summed E-state index contributed by atoms with van der Waals surface area (Å²) in [5.74, 6) is 2.08. The molecule has 3 aromatic rings. The molecule has 1 heterocycles. The molecule has 3 rings (SSSR count). The molecule has 0 spiro atoms. The van der Waals surface area contributed by atoms with Gasteiger partial charge in [0, 0.05) is 23.7 Å². The molecule has 0 fully saturated rings. The second-order valence-corrected chi connectivity index (χ2v) is 7.19. The monoisotopic (exact) mass is 424 g/mol. The number of aromatic nitrogens is 1. The first-order valence-corrected chi connectivity index (χ1v) is 10.1. The summed E-state index contributed by atoms with van der Waals surface area (Å²) in [7, 11) is 4.68. The number of amides is 1. The molecular weight excluding hydrogens is 396 g/mol. The maximum Gasteiger partial charge on any atom is 0.254 e. The van der Waals surface area contributed by atoms with Gasteiger partial charge in [0.05, 0.1) is 27.9 Å². The molecule has 0 saturated heterocycles. The Kier molecular flexibility index (Phi) is 7.18. The van der Waals surface area contributed by atoms with Gasteiger partial charge in [0.1, 0.15) is 5.69 Å². The third kappa shape index (κ3) is 4.99. The highest BCUT2D eigenvalue weighted by Crippen LogP contribution is 2.41. The van der Waals surface area contributed by atoms with Crippen LogP contribution in [0.1, 0.15) is 35.0 Å². The standard InChI is InChI=1S/C24H28N2O5/c1-6-11-26(24(27)17-9-7-16(2)8-10-17)15-19-14-20(31-25-19)18-12-21(28-3)23(30-5)22(13-18)29-4/h7-10,12-14H,6,11,15H2,1-5H3. The van der Waals surface area contributed by atoms with Crippen molar-refractivity contribution in [1.29, 1.82) is 0 Å². The topological polar surface area (TPSA) is 74.0 Å². The van der Waals surface area contributed by atoms with Gasteiger partial charge in [-0.1, -0.05) is 29.8 Å². The van der Waals surface area contributed by atoms with E-state index in [1.165, 1.54) is 0 Å². The first-order chi connectivity index (χ1) is 15.0. The highest BCUT2D eigenvalue weighted by Gasteiger charge is 2.20. The van der Waals surface area contributed by atoms with Crippen molar-refractivity contribution < 1.29 is 23.5 Å². The molecule has 7 heteroatoms. The van der Waals surface area contributed by atoms with E-state index in [-0.39, 0.29) is 5.91 Å². The third-order valence-electron chi connectivity index (χ3n) is 4.94. The van der Waals surface area contributed by atoms with Crippen LogP contribution in [-0.4, -0.2) is 43.8 Å². The number of carbonyl (C=O) groups excluding carboxylic acids is 1. The van der Waals surface area contributed by atoms with Gasteiger partial charge in [0.15, 0.2) is 17.3 Å². The minimum Gasteiger partial charge on any atom is -0.493 e. The van der Waals surface area contributed by atoms with Crippen LogP contribution in [0.4, 0.5) is 0 Å². The van der Waals surface area contributed by atoms with Gasteiger partial charge in [-0.2, -0.15) is 0 Å². The van der Waals surface area contributed by atoms with Crippen molar-refractivity contribution in [3.8, 4) is 28.6 Å². The molecule has 0 aliphatic carbocycles. The molecule has 7 nitrogen and oxygen atoms in total. The lowest BCUT2D eigenvalue weighted by Gasteiger charge is -2.21. The summed E-state index contributed by atoms with van der Waals surface area (Å²) in [6.45, 7) is 5.02. The summed E-state index contributed by atoms with van der Waals surface area (Å²) >= 11 is 0. The van der Waals surface area contributed by atoms with E-state index in [1.54, 1.807) is 38.4 Å². The van der Waals surface area contributed by atoms with Crippen LogP contribution < -0.4 is 14.2 Å². The molecule has 31 heavy (non-hydrogen) atoms. The molecule has 164 valence electrons. The fourth-order valence-electron chi connectivity index (χ4n) is 3.34. The van der Waals surface area contributed by atoms with Gasteiger partial charge < -0.3 is 23.6 Å². The number of carbonyl (C=O) groups is 1. The number of hydrogen-bond donors (Lipinski definition) is 0. The predicted octanol–water partition coefficient (Wildman–Crippen LogP) is 4.73. The van der Waals surface area contributed by atoms with E-state index in [1.807, 2.05) is 44.2 Å². The van der Waals surface area contributed by atoms with Gasteiger partial charge >= 0.3 is 0 Å². The zero-order valence-corrected chi connectivity index (χ0v) is 18.6. The Balaban J connectivity index is 1.85. The Morgan fingerprint density at radius 3 is 2.19 bits per heavy atom. The zero-order chi connectivity index (χ0) is 22.4. The number of hydrogen-bond acceptors (Lipinski definition) is 6. The molecule has 0 saturated carbocycles. The summed E-state index contributed by atoms with van der Waals surface area (Å²) < 4.78 is 21.8. The summed E-state index contributed by atoms with van der Waals surface area (Å²) in [4.78, 5) is 14.8. The van der Waals surface area contributed by atoms with Gasteiger partial charge in [0.25, 0.3) is 5.91 Å². The summed E-state index contributed by atoms with van der Waals surface area (Å²) in [5.41, 5.74) is 3.18. The highest BCUT2D eigenvalue weighted by molar-refractivity contribution is 5.94. The Bertz CT molecular complexity index is 1000.